The van der Waals surface area contributed by atoms with Crippen molar-refractivity contribution in [2.24, 2.45) is 0 Å². The molecule has 17 heavy (non-hydrogen) atoms. The van der Waals surface area contributed by atoms with Crippen molar-refractivity contribution in [3.63, 3.8) is 0 Å². The topological polar surface area (TPSA) is 52.7 Å². The molecule has 2 amide bonds. The lowest BCUT2D eigenvalue weighted by molar-refractivity contribution is -0.152. The van der Waals surface area contributed by atoms with E-state index in [4.69, 9.17) is 0 Å². The maximum absolute atomic E-state index is 12.0. The zero-order valence-corrected chi connectivity index (χ0v) is 10.4. The van der Waals surface area contributed by atoms with E-state index in [0.29, 0.717) is 13.1 Å². The van der Waals surface area contributed by atoms with E-state index in [1.807, 2.05) is 0 Å². The number of amides is 2. The summed E-state index contributed by atoms with van der Waals surface area (Å²) >= 11 is 0. The van der Waals surface area contributed by atoms with Crippen LogP contribution in [-0.2, 0) is 9.59 Å². The van der Waals surface area contributed by atoms with E-state index >= 15 is 0 Å². The molecule has 0 bridgehead atoms. The Morgan fingerprint density at radius 2 is 1.76 bits per heavy atom. The van der Waals surface area contributed by atoms with E-state index in [1.165, 1.54) is 12.8 Å². The van der Waals surface area contributed by atoms with Gasteiger partial charge in [-0.3, -0.25) is 9.59 Å². The van der Waals surface area contributed by atoms with E-state index in [9.17, 15) is 9.59 Å². The highest BCUT2D eigenvalue weighted by Crippen LogP contribution is 2.22. The van der Waals surface area contributed by atoms with Gasteiger partial charge in [-0.05, 0) is 12.8 Å². The minimum atomic E-state index is -0.334. The van der Waals surface area contributed by atoms with Gasteiger partial charge in [0.1, 0.15) is 0 Å². The van der Waals surface area contributed by atoms with Crippen molar-refractivity contribution >= 4 is 11.8 Å². The van der Waals surface area contributed by atoms with Crippen molar-refractivity contribution in [1.82, 2.24) is 15.1 Å². The number of likely N-dealkylation sites (N-methyl/N-ethyl adjacent to an activating group) is 1. The van der Waals surface area contributed by atoms with Crippen molar-refractivity contribution in [2.75, 3.05) is 33.2 Å². The first kappa shape index (κ1) is 12.4. The Morgan fingerprint density at radius 1 is 1.18 bits per heavy atom. The lowest BCUT2D eigenvalue weighted by Crippen LogP contribution is -2.52. The molecule has 0 aromatic carbocycles. The SMILES string of the molecule is CN(C(=O)C(=O)N1CCNCC1)C1CCCC1. The Morgan fingerprint density at radius 3 is 2.35 bits per heavy atom. The highest BCUT2D eigenvalue weighted by molar-refractivity contribution is 6.34. The molecule has 0 atom stereocenters. The molecule has 2 aliphatic rings. The lowest BCUT2D eigenvalue weighted by atomic mass is 10.2. The van der Waals surface area contributed by atoms with Crippen LogP contribution in [0.5, 0.6) is 0 Å². The normalized spacial score (nSPS) is 21.6. The first-order chi connectivity index (χ1) is 8.20. The highest BCUT2D eigenvalue weighted by atomic mass is 16.2. The number of hydrogen-bond acceptors (Lipinski definition) is 3. The van der Waals surface area contributed by atoms with E-state index in [1.54, 1.807) is 16.8 Å². The van der Waals surface area contributed by atoms with E-state index in [-0.39, 0.29) is 17.9 Å². The van der Waals surface area contributed by atoms with Gasteiger partial charge in [0.15, 0.2) is 0 Å². The van der Waals surface area contributed by atoms with Gasteiger partial charge in [-0.1, -0.05) is 12.8 Å². The smallest absolute Gasteiger partial charge is 0.312 e. The summed E-state index contributed by atoms with van der Waals surface area (Å²) in [5, 5.41) is 3.17. The van der Waals surface area contributed by atoms with Crippen LogP contribution in [0.4, 0.5) is 0 Å². The largest absolute Gasteiger partial charge is 0.335 e. The number of hydrogen-bond donors (Lipinski definition) is 1. The Kier molecular flexibility index (Phi) is 3.99. The zero-order chi connectivity index (χ0) is 12.3. The van der Waals surface area contributed by atoms with Crippen molar-refractivity contribution in [3.8, 4) is 0 Å². The molecule has 1 aliphatic carbocycles. The van der Waals surface area contributed by atoms with Crippen LogP contribution in [0.2, 0.25) is 0 Å². The van der Waals surface area contributed by atoms with Crippen molar-refractivity contribution in [2.45, 2.75) is 31.7 Å². The van der Waals surface area contributed by atoms with Crippen molar-refractivity contribution in [3.05, 3.63) is 0 Å². The fourth-order valence-electron chi connectivity index (χ4n) is 2.61. The summed E-state index contributed by atoms with van der Waals surface area (Å²) in [6, 6.07) is 0.273. The number of piperazine rings is 1. The van der Waals surface area contributed by atoms with Gasteiger partial charge in [-0.25, -0.2) is 0 Å². The van der Waals surface area contributed by atoms with Crippen LogP contribution >= 0.6 is 0 Å². The molecule has 0 aromatic rings. The molecule has 1 saturated carbocycles. The van der Waals surface area contributed by atoms with Gasteiger partial charge in [0.05, 0.1) is 0 Å². The maximum Gasteiger partial charge on any atom is 0.312 e. The van der Waals surface area contributed by atoms with Gasteiger partial charge in [-0.2, -0.15) is 0 Å². The number of carbonyl (C=O) groups is 2. The first-order valence-electron chi connectivity index (χ1n) is 6.47. The second-order valence-corrected chi connectivity index (χ2v) is 4.90. The molecule has 2 rings (SSSR count). The summed E-state index contributed by atoms with van der Waals surface area (Å²) in [6.07, 6.45) is 4.42. The Balaban J connectivity index is 1.91. The van der Waals surface area contributed by atoms with Crippen LogP contribution < -0.4 is 5.32 Å². The minimum Gasteiger partial charge on any atom is -0.335 e. The fraction of sp³-hybridized carbons (Fsp3) is 0.833. The van der Waals surface area contributed by atoms with Crippen LogP contribution in [-0.4, -0.2) is 60.9 Å². The third-order valence-electron chi connectivity index (χ3n) is 3.78. The summed E-state index contributed by atoms with van der Waals surface area (Å²) < 4.78 is 0. The van der Waals surface area contributed by atoms with Crippen LogP contribution in [0.25, 0.3) is 0 Å². The van der Waals surface area contributed by atoms with Gasteiger partial charge in [0.25, 0.3) is 0 Å². The van der Waals surface area contributed by atoms with E-state index < -0.39 is 0 Å². The molecule has 1 heterocycles. The van der Waals surface area contributed by atoms with Gasteiger partial charge in [0, 0.05) is 39.3 Å². The van der Waals surface area contributed by atoms with Crippen molar-refractivity contribution < 1.29 is 9.59 Å². The van der Waals surface area contributed by atoms with Crippen molar-refractivity contribution in [1.29, 1.82) is 0 Å². The number of carbonyl (C=O) groups excluding carboxylic acids is 2. The first-order valence-corrected chi connectivity index (χ1v) is 6.47. The molecule has 0 unspecified atom stereocenters. The monoisotopic (exact) mass is 239 g/mol. The maximum atomic E-state index is 12.0. The summed E-state index contributed by atoms with van der Waals surface area (Å²) in [6.45, 7) is 2.85. The average molecular weight is 239 g/mol. The number of nitrogens with zero attached hydrogens (tertiary/aromatic N) is 2. The molecule has 1 saturated heterocycles. The minimum absolute atomic E-state index is 0.273. The van der Waals surface area contributed by atoms with Gasteiger partial charge in [0.2, 0.25) is 0 Å². The van der Waals surface area contributed by atoms with Crippen LogP contribution in [0.3, 0.4) is 0 Å². The summed E-state index contributed by atoms with van der Waals surface area (Å²) in [7, 11) is 1.76. The quantitative estimate of drug-likeness (QED) is 0.646. The molecular weight excluding hydrogens is 218 g/mol. The zero-order valence-electron chi connectivity index (χ0n) is 10.4. The molecule has 0 spiro atoms. The lowest BCUT2D eigenvalue weighted by Gasteiger charge is -2.30. The van der Waals surface area contributed by atoms with E-state index in [2.05, 4.69) is 5.32 Å². The molecular formula is C12H21N3O2. The second-order valence-electron chi connectivity index (χ2n) is 4.90. The fourth-order valence-corrected chi connectivity index (χ4v) is 2.61. The molecule has 1 N–H and O–H groups in total. The van der Waals surface area contributed by atoms with Gasteiger partial charge < -0.3 is 15.1 Å². The molecule has 1 aliphatic heterocycles. The molecule has 0 aromatic heterocycles. The van der Waals surface area contributed by atoms with Gasteiger partial charge in [-0.15, -0.1) is 0 Å². The predicted octanol–water partition coefficient (Wildman–Crippen LogP) is -0.181. The number of rotatable bonds is 1. The molecule has 5 nitrogen and oxygen atoms in total. The summed E-state index contributed by atoms with van der Waals surface area (Å²) in [5.74, 6) is -0.667. The number of nitrogens with one attached hydrogen (secondary N) is 1. The Labute approximate surface area is 102 Å². The van der Waals surface area contributed by atoms with E-state index in [0.717, 1.165) is 25.9 Å². The summed E-state index contributed by atoms with van der Waals surface area (Å²) in [5.41, 5.74) is 0. The molecule has 96 valence electrons. The Hall–Kier alpha value is -1.10. The molecule has 5 heteroatoms. The highest BCUT2D eigenvalue weighted by Gasteiger charge is 2.30. The van der Waals surface area contributed by atoms with Gasteiger partial charge >= 0.3 is 11.8 Å². The molecule has 0 radical (unpaired) electrons. The second kappa shape index (κ2) is 5.49. The Bertz CT molecular complexity index is 294. The van der Waals surface area contributed by atoms with Crippen LogP contribution in [0, 0.1) is 0 Å². The van der Waals surface area contributed by atoms with Crippen LogP contribution in [0.15, 0.2) is 0 Å². The third kappa shape index (κ3) is 2.77. The molecule has 2 fully saturated rings. The average Bonchev–Trinajstić information content (AvgIpc) is 2.91. The summed E-state index contributed by atoms with van der Waals surface area (Å²) in [4.78, 5) is 27.4. The predicted molar refractivity (Wildman–Crippen MR) is 64.5 cm³/mol. The third-order valence-corrected chi connectivity index (χ3v) is 3.78. The standard InChI is InChI=1S/C12H21N3O2/c1-14(10-4-2-3-5-10)11(16)12(17)15-8-6-13-7-9-15/h10,13H,2-9H2,1H3. The van der Waals surface area contributed by atoms with Crippen LogP contribution in [0.1, 0.15) is 25.7 Å².